The molecule has 3 heterocycles. The average molecular weight is 402 g/mol. The fourth-order valence-electron chi connectivity index (χ4n) is 3.61. The van der Waals surface area contributed by atoms with Crippen molar-refractivity contribution in [3.63, 3.8) is 0 Å². The van der Waals surface area contributed by atoms with Crippen LogP contribution in [-0.4, -0.2) is 87.0 Å². The second-order valence-electron chi connectivity index (χ2n) is 6.76. The Kier molecular flexibility index (Phi) is 6.68. The van der Waals surface area contributed by atoms with Gasteiger partial charge in [0.15, 0.2) is 0 Å². The van der Waals surface area contributed by atoms with Crippen molar-refractivity contribution in [2.45, 2.75) is 30.0 Å². The fourth-order valence-corrected chi connectivity index (χ4v) is 6.24. The number of carbonyl (C=O) groups is 1. The highest BCUT2D eigenvalue weighted by Gasteiger charge is 2.36. The highest BCUT2D eigenvalue weighted by molar-refractivity contribution is 7.91. The van der Waals surface area contributed by atoms with Gasteiger partial charge in [-0.2, -0.15) is 4.31 Å². The van der Waals surface area contributed by atoms with Crippen molar-refractivity contribution < 1.29 is 17.9 Å². The minimum atomic E-state index is -3.43. The van der Waals surface area contributed by atoms with Gasteiger partial charge in [-0.25, -0.2) is 8.42 Å². The molecule has 1 amide bonds. The Hall–Kier alpha value is -1.00. The summed E-state index contributed by atoms with van der Waals surface area (Å²) in [5.41, 5.74) is 0. The highest BCUT2D eigenvalue weighted by atomic mass is 32.2. The number of sulfonamides is 1. The van der Waals surface area contributed by atoms with Crippen molar-refractivity contribution in [2.75, 3.05) is 52.5 Å². The molecule has 2 saturated heterocycles. The summed E-state index contributed by atoms with van der Waals surface area (Å²) in [6, 6.07) is 3.35. The molecule has 1 aromatic heterocycles. The summed E-state index contributed by atoms with van der Waals surface area (Å²) in [6.07, 6.45) is 1.59. The average Bonchev–Trinajstić information content (AvgIpc) is 3.31. The third kappa shape index (κ3) is 4.64. The fraction of sp³-hybridized carbons (Fsp3) is 0.706. The zero-order valence-electron chi connectivity index (χ0n) is 15.2. The summed E-state index contributed by atoms with van der Waals surface area (Å²) in [7, 11) is -3.43. The van der Waals surface area contributed by atoms with E-state index < -0.39 is 10.0 Å². The lowest BCUT2D eigenvalue weighted by atomic mass is 10.2. The highest BCUT2D eigenvalue weighted by Crippen LogP contribution is 2.26. The first kappa shape index (κ1) is 19.8. The van der Waals surface area contributed by atoms with Crippen LogP contribution < -0.4 is 0 Å². The topological polar surface area (TPSA) is 70.2 Å². The van der Waals surface area contributed by atoms with Gasteiger partial charge < -0.3 is 9.64 Å². The Morgan fingerprint density at radius 1 is 1.35 bits per heavy atom. The molecule has 0 radical (unpaired) electrons. The summed E-state index contributed by atoms with van der Waals surface area (Å²) in [5.74, 6) is 0.0207. The first-order chi connectivity index (χ1) is 12.5. The van der Waals surface area contributed by atoms with Crippen LogP contribution in [0.2, 0.25) is 0 Å². The van der Waals surface area contributed by atoms with Crippen LogP contribution >= 0.6 is 11.3 Å². The van der Waals surface area contributed by atoms with Crippen LogP contribution in [0, 0.1) is 0 Å². The molecule has 7 nitrogen and oxygen atoms in total. The van der Waals surface area contributed by atoms with Crippen molar-refractivity contribution in [3.8, 4) is 0 Å². The first-order valence-electron chi connectivity index (χ1n) is 9.09. The molecule has 1 aromatic rings. The minimum Gasteiger partial charge on any atom is -0.379 e. The molecule has 0 saturated carbocycles. The van der Waals surface area contributed by atoms with Crippen LogP contribution in [-0.2, 0) is 19.6 Å². The third-order valence-electron chi connectivity index (χ3n) is 5.04. The number of rotatable bonds is 7. The van der Waals surface area contributed by atoms with E-state index in [2.05, 4.69) is 4.90 Å². The molecular weight excluding hydrogens is 374 g/mol. The summed E-state index contributed by atoms with van der Waals surface area (Å²) in [4.78, 5) is 16.3. The Labute approximate surface area is 159 Å². The quantitative estimate of drug-likeness (QED) is 0.684. The maximum atomic E-state index is 12.7. The van der Waals surface area contributed by atoms with Gasteiger partial charge in [0.2, 0.25) is 5.91 Å². The van der Waals surface area contributed by atoms with Crippen molar-refractivity contribution in [1.29, 1.82) is 0 Å². The van der Waals surface area contributed by atoms with Gasteiger partial charge in [-0.3, -0.25) is 9.69 Å². The van der Waals surface area contributed by atoms with Crippen LogP contribution in [0.3, 0.4) is 0 Å². The van der Waals surface area contributed by atoms with Gasteiger partial charge in [0.25, 0.3) is 10.0 Å². The Balaban J connectivity index is 1.54. The van der Waals surface area contributed by atoms with Crippen LogP contribution in [0.5, 0.6) is 0 Å². The summed E-state index contributed by atoms with van der Waals surface area (Å²) < 4.78 is 32.6. The van der Waals surface area contributed by atoms with Gasteiger partial charge in [0.05, 0.1) is 13.2 Å². The van der Waals surface area contributed by atoms with Gasteiger partial charge in [-0.1, -0.05) is 6.07 Å². The lowest BCUT2D eigenvalue weighted by molar-refractivity contribution is -0.131. The molecule has 9 heteroatoms. The van der Waals surface area contributed by atoms with Crippen LogP contribution in [0.1, 0.15) is 19.8 Å². The maximum absolute atomic E-state index is 12.7. The number of amides is 1. The van der Waals surface area contributed by atoms with Crippen LogP contribution in [0.15, 0.2) is 21.7 Å². The molecule has 2 fully saturated rings. The van der Waals surface area contributed by atoms with Crippen molar-refractivity contribution in [2.24, 2.45) is 0 Å². The van der Waals surface area contributed by atoms with E-state index in [1.165, 1.54) is 15.6 Å². The van der Waals surface area contributed by atoms with Crippen LogP contribution in [0.4, 0.5) is 0 Å². The van der Waals surface area contributed by atoms with E-state index in [0.717, 1.165) is 39.3 Å². The van der Waals surface area contributed by atoms with Crippen molar-refractivity contribution in [3.05, 3.63) is 17.5 Å². The molecule has 0 N–H and O–H groups in total. The van der Waals surface area contributed by atoms with Crippen LogP contribution in [0.25, 0.3) is 0 Å². The molecular formula is C17H27N3O4S2. The number of nitrogens with zero attached hydrogens (tertiary/aromatic N) is 3. The molecule has 146 valence electrons. The monoisotopic (exact) mass is 401 g/mol. The lowest BCUT2D eigenvalue weighted by Crippen LogP contribution is -2.43. The first-order valence-corrected chi connectivity index (χ1v) is 11.4. The molecule has 0 aliphatic carbocycles. The standard InChI is InChI=1S/C17H27N3O4S2/c1-15(21)20(7-3-6-18-9-11-24-12-10-18)16-5-8-19(14-16)26(22,23)17-4-2-13-25-17/h2,4,13,16H,3,5-12,14H2,1H3. The SMILES string of the molecule is CC(=O)N(CCCN1CCOCC1)C1CCN(S(=O)(=O)c2cccs2)C1. The zero-order chi connectivity index (χ0) is 18.6. The van der Waals surface area contributed by atoms with Gasteiger partial charge >= 0.3 is 0 Å². The summed E-state index contributed by atoms with van der Waals surface area (Å²) in [6.45, 7) is 7.47. The van der Waals surface area contributed by atoms with Crippen molar-refractivity contribution >= 4 is 27.3 Å². The molecule has 26 heavy (non-hydrogen) atoms. The van der Waals surface area contributed by atoms with E-state index in [1.807, 2.05) is 4.90 Å². The summed E-state index contributed by atoms with van der Waals surface area (Å²) in [5, 5.41) is 1.77. The second-order valence-corrected chi connectivity index (χ2v) is 9.87. The van der Waals surface area contributed by atoms with Gasteiger partial charge in [-0.05, 0) is 24.3 Å². The molecule has 0 bridgehead atoms. The smallest absolute Gasteiger partial charge is 0.252 e. The molecule has 3 rings (SSSR count). The van der Waals surface area contributed by atoms with E-state index in [0.29, 0.717) is 30.3 Å². The van der Waals surface area contributed by atoms with Gasteiger partial charge in [0.1, 0.15) is 4.21 Å². The van der Waals surface area contributed by atoms with Gasteiger partial charge in [-0.15, -0.1) is 11.3 Å². The molecule has 0 spiro atoms. The predicted molar refractivity (Wildman–Crippen MR) is 101 cm³/mol. The summed E-state index contributed by atoms with van der Waals surface area (Å²) >= 11 is 1.24. The normalized spacial score (nSPS) is 22.6. The third-order valence-corrected chi connectivity index (χ3v) is 8.28. The van der Waals surface area contributed by atoms with E-state index in [9.17, 15) is 13.2 Å². The molecule has 1 atom stereocenters. The molecule has 1 unspecified atom stereocenters. The van der Waals surface area contributed by atoms with E-state index >= 15 is 0 Å². The Bertz CT molecular complexity index is 687. The maximum Gasteiger partial charge on any atom is 0.252 e. The van der Waals surface area contributed by atoms with E-state index in [1.54, 1.807) is 24.4 Å². The number of morpholine rings is 1. The number of thiophene rings is 1. The van der Waals surface area contributed by atoms with Crippen molar-refractivity contribution in [1.82, 2.24) is 14.1 Å². The Morgan fingerprint density at radius 3 is 2.77 bits per heavy atom. The minimum absolute atomic E-state index is 0.0207. The predicted octanol–water partition coefficient (Wildman–Crippen LogP) is 1.08. The number of hydrogen-bond donors (Lipinski definition) is 0. The largest absolute Gasteiger partial charge is 0.379 e. The van der Waals surface area contributed by atoms with E-state index in [4.69, 9.17) is 4.74 Å². The zero-order valence-corrected chi connectivity index (χ0v) is 16.8. The molecule has 0 aromatic carbocycles. The number of carbonyl (C=O) groups excluding carboxylic acids is 1. The lowest BCUT2D eigenvalue weighted by Gasteiger charge is -2.30. The van der Waals surface area contributed by atoms with E-state index in [-0.39, 0.29) is 11.9 Å². The Morgan fingerprint density at radius 2 is 2.12 bits per heavy atom. The second kappa shape index (κ2) is 8.79. The van der Waals surface area contributed by atoms with Gasteiger partial charge in [0, 0.05) is 52.2 Å². The number of hydrogen-bond acceptors (Lipinski definition) is 6. The molecule has 2 aliphatic rings. The number of ether oxygens (including phenoxy) is 1. The molecule has 2 aliphatic heterocycles.